The van der Waals surface area contributed by atoms with Crippen LogP contribution in [0.15, 0.2) is 22.9 Å². The van der Waals surface area contributed by atoms with Crippen molar-refractivity contribution in [1.29, 1.82) is 0 Å². The van der Waals surface area contributed by atoms with Crippen molar-refractivity contribution in [2.24, 2.45) is 0 Å². The lowest BCUT2D eigenvalue weighted by atomic mass is 10.3. The van der Waals surface area contributed by atoms with Crippen molar-refractivity contribution in [3.05, 3.63) is 28.5 Å². The summed E-state index contributed by atoms with van der Waals surface area (Å²) in [6.45, 7) is 5.29. The van der Waals surface area contributed by atoms with E-state index in [4.69, 9.17) is 0 Å². The van der Waals surface area contributed by atoms with Gasteiger partial charge in [-0.25, -0.2) is 9.97 Å². The van der Waals surface area contributed by atoms with E-state index >= 15 is 0 Å². The van der Waals surface area contributed by atoms with Gasteiger partial charge in [-0.3, -0.25) is 0 Å². The molecule has 0 saturated heterocycles. The molecule has 0 spiro atoms. The molecule has 0 fully saturated rings. The first-order valence-electron chi connectivity index (χ1n) is 5.90. The van der Waals surface area contributed by atoms with Crippen molar-refractivity contribution in [2.45, 2.75) is 44.1 Å². The number of aromatic nitrogens is 3. The molecule has 0 N–H and O–H groups in total. The molecule has 92 valence electrons. The fourth-order valence-corrected chi connectivity index (χ4v) is 3.48. The van der Waals surface area contributed by atoms with Gasteiger partial charge in [0.15, 0.2) is 5.16 Å². The van der Waals surface area contributed by atoms with Crippen molar-refractivity contribution in [1.82, 2.24) is 14.5 Å². The predicted molar refractivity (Wildman–Crippen MR) is 73.6 cm³/mol. The molecule has 0 aliphatic rings. The minimum atomic E-state index is 0.914. The maximum Gasteiger partial charge on any atom is 0.168 e. The Morgan fingerprint density at radius 1 is 1.41 bits per heavy atom. The van der Waals surface area contributed by atoms with Crippen molar-refractivity contribution >= 4 is 23.1 Å². The van der Waals surface area contributed by atoms with Crippen molar-refractivity contribution < 1.29 is 0 Å². The fraction of sp³-hybridized carbons (Fsp3) is 0.500. The summed E-state index contributed by atoms with van der Waals surface area (Å²) in [5, 5.41) is 4.50. The van der Waals surface area contributed by atoms with Gasteiger partial charge in [-0.05, 0) is 19.8 Å². The number of hydrogen-bond acceptors (Lipinski definition) is 4. The van der Waals surface area contributed by atoms with Crippen LogP contribution in [-0.2, 0) is 18.7 Å². The van der Waals surface area contributed by atoms with Gasteiger partial charge in [0, 0.05) is 30.1 Å². The molecule has 0 aliphatic heterocycles. The Morgan fingerprint density at radius 2 is 2.29 bits per heavy atom. The van der Waals surface area contributed by atoms with Crippen LogP contribution < -0.4 is 0 Å². The molecule has 0 bridgehead atoms. The highest BCUT2D eigenvalue weighted by molar-refractivity contribution is 7.98. The van der Waals surface area contributed by atoms with Gasteiger partial charge in [0.1, 0.15) is 0 Å². The van der Waals surface area contributed by atoms with E-state index < -0.39 is 0 Å². The number of hydrogen-bond donors (Lipinski definition) is 0. The molecular formula is C12H17N3S2. The van der Waals surface area contributed by atoms with Crippen LogP contribution >= 0.6 is 23.1 Å². The maximum absolute atomic E-state index is 4.62. The molecule has 0 radical (unpaired) electrons. The Balaban J connectivity index is 1.93. The number of nitrogens with zero attached hydrogens (tertiary/aromatic N) is 3. The topological polar surface area (TPSA) is 30.7 Å². The lowest BCUT2D eigenvalue weighted by Gasteiger charge is -2.02. The number of aryl methyl sites for hydroxylation is 2. The number of rotatable bonds is 6. The maximum atomic E-state index is 4.62. The van der Waals surface area contributed by atoms with Crippen LogP contribution in [0.25, 0.3) is 0 Å². The zero-order valence-corrected chi connectivity index (χ0v) is 11.9. The third kappa shape index (κ3) is 3.33. The predicted octanol–water partition coefficient (Wildman–Crippen LogP) is 3.60. The normalized spacial score (nSPS) is 10.9. The molecule has 0 aliphatic carbocycles. The second-order valence-corrected chi connectivity index (χ2v) is 5.65. The van der Waals surface area contributed by atoms with E-state index in [0.717, 1.165) is 23.9 Å². The van der Waals surface area contributed by atoms with E-state index in [1.807, 2.05) is 12.4 Å². The Bertz CT molecular complexity index is 462. The van der Waals surface area contributed by atoms with Gasteiger partial charge in [0.2, 0.25) is 0 Å². The van der Waals surface area contributed by atoms with Crippen LogP contribution in [-0.4, -0.2) is 14.5 Å². The van der Waals surface area contributed by atoms with Crippen LogP contribution in [0.2, 0.25) is 0 Å². The molecule has 2 aromatic rings. The molecular weight excluding hydrogens is 250 g/mol. The SMILES string of the molecule is CCCc1nc(CSc2nccn2CC)cs1. The van der Waals surface area contributed by atoms with Gasteiger partial charge in [-0.15, -0.1) is 11.3 Å². The average molecular weight is 267 g/mol. The largest absolute Gasteiger partial charge is 0.326 e. The van der Waals surface area contributed by atoms with Gasteiger partial charge in [-0.1, -0.05) is 18.7 Å². The summed E-state index contributed by atoms with van der Waals surface area (Å²) in [6.07, 6.45) is 6.14. The van der Waals surface area contributed by atoms with Crippen molar-refractivity contribution in [2.75, 3.05) is 0 Å². The summed E-state index contributed by atoms with van der Waals surface area (Å²) in [5.41, 5.74) is 1.18. The number of thioether (sulfide) groups is 1. The second-order valence-electron chi connectivity index (χ2n) is 3.77. The quantitative estimate of drug-likeness (QED) is 0.749. The van der Waals surface area contributed by atoms with Crippen LogP contribution in [0.5, 0.6) is 0 Å². The average Bonchev–Trinajstić information content (AvgIpc) is 2.95. The first kappa shape index (κ1) is 12.6. The van der Waals surface area contributed by atoms with E-state index in [-0.39, 0.29) is 0 Å². The second kappa shape index (κ2) is 6.21. The van der Waals surface area contributed by atoms with E-state index in [9.17, 15) is 0 Å². The third-order valence-corrected chi connectivity index (χ3v) is 4.43. The Hall–Kier alpha value is -0.810. The van der Waals surface area contributed by atoms with E-state index in [2.05, 4.69) is 33.8 Å². The van der Waals surface area contributed by atoms with Crippen molar-refractivity contribution in [3.8, 4) is 0 Å². The van der Waals surface area contributed by atoms with Gasteiger partial charge >= 0.3 is 0 Å². The minimum Gasteiger partial charge on any atom is -0.326 e. The molecule has 0 amide bonds. The number of imidazole rings is 1. The van der Waals surface area contributed by atoms with E-state index in [1.54, 1.807) is 23.1 Å². The molecule has 2 aromatic heterocycles. The lowest BCUT2D eigenvalue weighted by Crippen LogP contribution is -1.95. The summed E-state index contributed by atoms with van der Waals surface area (Å²) >= 11 is 3.53. The van der Waals surface area contributed by atoms with Gasteiger partial charge in [-0.2, -0.15) is 0 Å². The van der Waals surface area contributed by atoms with Crippen LogP contribution in [0, 0.1) is 0 Å². The molecule has 2 rings (SSSR count). The minimum absolute atomic E-state index is 0.914. The molecule has 0 saturated carbocycles. The molecule has 17 heavy (non-hydrogen) atoms. The van der Waals surface area contributed by atoms with Crippen LogP contribution in [0.1, 0.15) is 31.0 Å². The molecule has 0 atom stereocenters. The standard InChI is InChI=1S/C12H17N3S2/c1-3-5-11-14-10(8-16-11)9-17-12-13-6-7-15(12)4-2/h6-8H,3-5,9H2,1-2H3. The summed E-state index contributed by atoms with van der Waals surface area (Å²) in [5.74, 6) is 0.914. The van der Waals surface area contributed by atoms with Crippen LogP contribution in [0.4, 0.5) is 0 Å². The number of thiazole rings is 1. The highest BCUT2D eigenvalue weighted by Crippen LogP contribution is 2.22. The van der Waals surface area contributed by atoms with E-state index in [1.165, 1.54) is 17.1 Å². The molecule has 0 aromatic carbocycles. The molecule has 2 heterocycles. The van der Waals surface area contributed by atoms with Crippen LogP contribution in [0.3, 0.4) is 0 Å². The molecule has 3 nitrogen and oxygen atoms in total. The first-order valence-corrected chi connectivity index (χ1v) is 7.77. The summed E-state index contributed by atoms with van der Waals surface area (Å²) in [7, 11) is 0. The highest BCUT2D eigenvalue weighted by atomic mass is 32.2. The smallest absolute Gasteiger partial charge is 0.168 e. The monoisotopic (exact) mass is 267 g/mol. The zero-order valence-electron chi connectivity index (χ0n) is 10.2. The lowest BCUT2D eigenvalue weighted by molar-refractivity contribution is 0.681. The summed E-state index contributed by atoms with van der Waals surface area (Å²) in [6, 6.07) is 0. The molecule has 5 heteroatoms. The Labute approximate surface area is 110 Å². The summed E-state index contributed by atoms with van der Waals surface area (Å²) < 4.78 is 2.16. The van der Waals surface area contributed by atoms with Gasteiger partial charge in [0.25, 0.3) is 0 Å². The third-order valence-electron chi connectivity index (χ3n) is 2.43. The van der Waals surface area contributed by atoms with Crippen molar-refractivity contribution in [3.63, 3.8) is 0 Å². The Morgan fingerprint density at radius 3 is 3.06 bits per heavy atom. The zero-order chi connectivity index (χ0) is 12.1. The molecule has 0 unspecified atom stereocenters. The fourth-order valence-electron chi connectivity index (χ4n) is 1.56. The van der Waals surface area contributed by atoms with Gasteiger partial charge in [0.05, 0.1) is 10.7 Å². The highest BCUT2D eigenvalue weighted by Gasteiger charge is 2.05. The summed E-state index contributed by atoms with van der Waals surface area (Å²) in [4.78, 5) is 8.96. The van der Waals surface area contributed by atoms with E-state index in [0.29, 0.717) is 0 Å². The Kier molecular flexibility index (Phi) is 4.62. The van der Waals surface area contributed by atoms with Gasteiger partial charge < -0.3 is 4.57 Å². The first-order chi connectivity index (χ1) is 8.33.